The number of benzene rings is 4. The van der Waals surface area contributed by atoms with Gasteiger partial charge in [-0.1, -0.05) is 121 Å². The van der Waals surface area contributed by atoms with Crippen LogP contribution in [-0.2, 0) is 59.4 Å². The molecular weight excluding hydrogens is 716 g/mol. The average molecular weight is 763 g/mol. The van der Waals surface area contributed by atoms with Crippen molar-refractivity contribution < 1.29 is 42.9 Å². The zero-order valence-corrected chi connectivity index (χ0v) is 31.0. The van der Waals surface area contributed by atoms with Crippen molar-refractivity contribution >= 4 is 42.2 Å². The number of halogens is 1. The lowest BCUT2D eigenvalue weighted by Crippen LogP contribution is -2.44. The number of carbonyl (C=O) groups excluding carboxylic acids is 5. The normalized spacial score (nSPS) is 11.0. The van der Waals surface area contributed by atoms with E-state index in [0.717, 1.165) is 28.5 Å². The summed E-state index contributed by atoms with van der Waals surface area (Å²) in [6.07, 6.45) is 0.707. The highest BCUT2D eigenvalue weighted by Gasteiger charge is 2.15. The molecule has 4 N–H and O–H groups in total. The molecule has 13 nitrogen and oxygen atoms in total. The second kappa shape index (κ2) is 27.8. The van der Waals surface area contributed by atoms with Gasteiger partial charge in [0.25, 0.3) is 0 Å². The standard InChI is InChI=1S/C20H24N2O4.C17H17NO3.C3H6ClNO2/c1-25-19(23)14-21-13-18(12-16-8-4-2-5-9-16)22-20(24)26-15-17-10-6-3-7-11-17;19-12-16(11-14-7-3-1-4-8-14)18-17(20)21-13-15-9-5-2-6-10-15;1-7-3(6)2-5-4/h2-11,18,21H,12-15H2,1H3,(H,22,24);1-10,12,16H,11,13H2,(H,18,20);5H,2H2,1H3/t18-;16-;/m00./s1. The van der Waals surface area contributed by atoms with Gasteiger partial charge in [-0.2, -0.15) is 0 Å². The Morgan fingerprint density at radius 1 is 0.593 bits per heavy atom. The van der Waals surface area contributed by atoms with Gasteiger partial charge in [-0.25, -0.2) is 14.4 Å². The van der Waals surface area contributed by atoms with Gasteiger partial charge in [0.15, 0.2) is 0 Å². The Morgan fingerprint density at radius 2 is 1.00 bits per heavy atom. The first-order valence-electron chi connectivity index (χ1n) is 16.9. The summed E-state index contributed by atoms with van der Waals surface area (Å²) in [4.78, 5) is 58.2. The quantitative estimate of drug-likeness (QED) is 0.0499. The summed E-state index contributed by atoms with van der Waals surface area (Å²) in [5.74, 6) is -0.717. The number of aldehydes is 1. The molecule has 0 bridgehead atoms. The maximum Gasteiger partial charge on any atom is 0.408 e. The predicted octanol–water partition coefficient (Wildman–Crippen LogP) is 4.91. The van der Waals surface area contributed by atoms with Crippen LogP contribution >= 0.6 is 11.8 Å². The fraction of sp³-hybridized carbons (Fsp3) is 0.275. The fourth-order valence-electron chi connectivity index (χ4n) is 4.47. The van der Waals surface area contributed by atoms with Crippen LogP contribution in [0, 0.1) is 0 Å². The monoisotopic (exact) mass is 762 g/mol. The average Bonchev–Trinajstić information content (AvgIpc) is 3.21. The van der Waals surface area contributed by atoms with E-state index in [4.69, 9.17) is 21.3 Å². The zero-order chi connectivity index (χ0) is 39.2. The molecule has 4 aromatic carbocycles. The van der Waals surface area contributed by atoms with Gasteiger partial charge in [0.2, 0.25) is 0 Å². The number of hydrogen-bond acceptors (Lipinski definition) is 11. The van der Waals surface area contributed by atoms with E-state index in [1.807, 2.05) is 121 Å². The SMILES string of the molecule is COC(=O)CNC[C@H](Cc1ccccc1)NC(=O)OCc1ccccc1.COC(=O)CNCl.O=C[C@H](Cc1ccccc1)NC(=O)OCc1ccccc1. The van der Waals surface area contributed by atoms with Crippen molar-refractivity contribution in [1.82, 2.24) is 20.8 Å². The van der Waals surface area contributed by atoms with Gasteiger partial charge in [0.1, 0.15) is 26.0 Å². The van der Waals surface area contributed by atoms with Crippen LogP contribution in [0.3, 0.4) is 0 Å². The minimum absolute atomic E-state index is 0.0536. The van der Waals surface area contributed by atoms with E-state index in [1.54, 1.807) is 0 Å². The fourth-order valence-corrected chi connectivity index (χ4v) is 4.58. The largest absolute Gasteiger partial charge is 0.468 e. The highest BCUT2D eigenvalue weighted by molar-refractivity contribution is 6.14. The van der Waals surface area contributed by atoms with Gasteiger partial charge in [-0.05, 0) is 46.9 Å². The predicted molar refractivity (Wildman–Crippen MR) is 204 cm³/mol. The van der Waals surface area contributed by atoms with Crippen molar-refractivity contribution in [3.63, 3.8) is 0 Å². The summed E-state index contributed by atoms with van der Waals surface area (Å²) >= 11 is 4.92. The van der Waals surface area contributed by atoms with Crippen LogP contribution in [0.5, 0.6) is 0 Å². The Hall–Kier alpha value is -5.76. The van der Waals surface area contributed by atoms with E-state index >= 15 is 0 Å². The molecular formula is C40H47ClN4O9. The molecule has 0 radical (unpaired) electrons. The minimum Gasteiger partial charge on any atom is -0.468 e. The molecule has 0 spiro atoms. The Kier molecular flexibility index (Phi) is 22.9. The number of rotatable bonds is 17. The van der Waals surface area contributed by atoms with E-state index in [2.05, 4.69) is 30.3 Å². The summed E-state index contributed by atoms with van der Waals surface area (Å²) < 4.78 is 19.2. The van der Waals surface area contributed by atoms with Gasteiger partial charge in [0, 0.05) is 12.6 Å². The number of esters is 2. The molecule has 4 aromatic rings. The number of nitrogens with one attached hydrogen (secondary N) is 4. The Balaban J connectivity index is 0.000000322. The number of carbonyl (C=O) groups is 5. The van der Waals surface area contributed by atoms with Crippen LogP contribution in [0.25, 0.3) is 0 Å². The highest BCUT2D eigenvalue weighted by atomic mass is 35.5. The molecule has 0 heterocycles. The molecule has 2 amide bonds. The summed E-state index contributed by atoms with van der Waals surface area (Å²) in [7, 11) is 2.64. The van der Waals surface area contributed by atoms with Crippen LogP contribution in [-0.4, -0.2) is 76.3 Å². The second-order valence-electron chi connectivity index (χ2n) is 11.3. The molecule has 4 rings (SSSR count). The van der Waals surface area contributed by atoms with Crippen molar-refractivity contribution in [3.05, 3.63) is 144 Å². The van der Waals surface area contributed by atoms with Gasteiger partial charge >= 0.3 is 24.1 Å². The van der Waals surface area contributed by atoms with Crippen LogP contribution in [0.2, 0.25) is 0 Å². The van der Waals surface area contributed by atoms with E-state index in [1.165, 1.54) is 14.2 Å². The molecule has 0 saturated carbocycles. The summed E-state index contributed by atoms with van der Waals surface area (Å²) in [6, 6.07) is 37.4. The third-order valence-electron chi connectivity index (χ3n) is 7.16. The molecule has 288 valence electrons. The van der Waals surface area contributed by atoms with E-state index in [9.17, 15) is 24.0 Å². The van der Waals surface area contributed by atoms with Gasteiger partial charge in [-0.15, -0.1) is 0 Å². The summed E-state index contributed by atoms with van der Waals surface area (Å²) in [5.41, 5.74) is 3.89. The van der Waals surface area contributed by atoms with Crippen LogP contribution < -0.4 is 20.8 Å². The molecule has 0 aliphatic heterocycles. The van der Waals surface area contributed by atoms with Crippen molar-refractivity contribution in [2.24, 2.45) is 0 Å². The topological polar surface area (TPSA) is 170 Å². The van der Waals surface area contributed by atoms with E-state index < -0.39 is 18.2 Å². The van der Waals surface area contributed by atoms with Crippen molar-refractivity contribution in [2.45, 2.75) is 38.1 Å². The molecule has 0 aromatic heterocycles. The number of amides is 2. The molecule has 54 heavy (non-hydrogen) atoms. The summed E-state index contributed by atoms with van der Waals surface area (Å²) in [6.45, 7) is 0.953. The highest BCUT2D eigenvalue weighted by Crippen LogP contribution is 2.06. The van der Waals surface area contributed by atoms with E-state index in [0.29, 0.717) is 19.4 Å². The van der Waals surface area contributed by atoms with Crippen LogP contribution in [0.4, 0.5) is 9.59 Å². The van der Waals surface area contributed by atoms with Crippen molar-refractivity contribution in [1.29, 1.82) is 0 Å². The zero-order valence-electron chi connectivity index (χ0n) is 30.3. The van der Waals surface area contributed by atoms with Crippen molar-refractivity contribution in [2.75, 3.05) is 33.9 Å². The lowest BCUT2D eigenvalue weighted by atomic mass is 10.1. The first kappa shape index (κ1) is 44.4. The van der Waals surface area contributed by atoms with Crippen LogP contribution in [0.1, 0.15) is 22.3 Å². The smallest absolute Gasteiger partial charge is 0.408 e. The van der Waals surface area contributed by atoms with Gasteiger partial charge in [-0.3, -0.25) is 9.59 Å². The third-order valence-corrected chi connectivity index (χ3v) is 7.30. The molecule has 0 unspecified atom stereocenters. The third kappa shape index (κ3) is 20.9. The van der Waals surface area contributed by atoms with Gasteiger partial charge < -0.3 is 39.7 Å². The van der Waals surface area contributed by atoms with Crippen LogP contribution in [0.15, 0.2) is 121 Å². The minimum atomic E-state index is -0.591. The number of hydrogen-bond donors (Lipinski definition) is 4. The summed E-state index contributed by atoms with van der Waals surface area (Å²) in [5, 5.41) is 8.40. The lowest BCUT2D eigenvalue weighted by Gasteiger charge is -2.19. The second-order valence-corrected chi connectivity index (χ2v) is 11.6. The first-order chi connectivity index (χ1) is 26.3. The molecule has 0 fully saturated rings. The van der Waals surface area contributed by atoms with Crippen molar-refractivity contribution in [3.8, 4) is 0 Å². The molecule has 0 saturated heterocycles. The maximum absolute atomic E-state index is 12.1. The molecule has 2 atom stereocenters. The number of ether oxygens (including phenoxy) is 4. The number of methoxy groups -OCH3 is 2. The number of alkyl carbamates (subject to hydrolysis) is 2. The molecule has 14 heteroatoms. The molecule has 0 aliphatic rings. The molecule has 0 aliphatic carbocycles. The van der Waals surface area contributed by atoms with Gasteiger partial charge in [0.05, 0.1) is 26.8 Å². The first-order valence-corrected chi connectivity index (χ1v) is 17.3. The Labute approximate surface area is 320 Å². The Bertz CT molecular complexity index is 1640. The lowest BCUT2D eigenvalue weighted by molar-refractivity contribution is -0.140. The van der Waals surface area contributed by atoms with E-state index in [-0.39, 0.29) is 44.3 Å². The Morgan fingerprint density at radius 3 is 1.41 bits per heavy atom. The maximum atomic E-state index is 12.1.